The monoisotopic (exact) mass is 441 g/mol. The Hall–Kier alpha value is -3.67. The van der Waals surface area contributed by atoms with Crippen molar-refractivity contribution in [3.8, 4) is 0 Å². The lowest BCUT2D eigenvalue weighted by Gasteiger charge is -2.33. The second-order valence-electron chi connectivity index (χ2n) is 8.86. The molecule has 2 aliphatic rings. The Morgan fingerprint density at radius 2 is 1.52 bits per heavy atom. The molecule has 168 valence electrons. The van der Waals surface area contributed by atoms with Gasteiger partial charge in [0.25, 0.3) is 0 Å². The maximum Gasteiger partial charge on any atom is 0.228 e. The van der Waals surface area contributed by atoms with Gasteiger partial charge in [-0.05, 0) is 36.4 Å². The van der Waals surface area contributed by atoms with Crippen LogP contribution in [0.25, 0.3) is 10.8 Å². The van der Waals surface area contributed by atoms with Crippen LogP contribution in [0.1, 0.15) is 19.3 Å². The number of anilines is 2. The summed E-state index contributed by atoms with van der Waals surface area (Å²) in [5, 5.41) is 5.06. The molecule has 33 heavy (non-hydrogen) atoms. The minimum absolute atomic E-state index is 0.00599. The van der Waals surface area contributed by atoms with Crippen LogP contribution in [0.2, 0.25) is 0 Å². The molecule has 2 saturated heterocycles. The predicted molar refractivity (Wildman–Crippen MR) is 129 cm³/mol. The van der Waals surface area contributed by atoms with Crippen molar-refractivity contribution in [3.63, 3.8) is 0 Å². The normalized spacial score (nSPS) is 19.2. The van der Waals surface area contributed by atoms with Gasteiger partial charge in [-0.1, -0.05) is 54.6 Å². The van der Waals surface area contributed by atoms with Gasteiger partial charge in [-0.25, -0.2) is 0 Å². The zero-order chi connectivity index (χ0) is 22.8. The molecule has 0 aliphatic carbocycles. The molecule has 0 saturated carbocycles. The van der Waals surface area contributed by atoms with Gasteiger partial charge in [0, 0.05) is 43.0 Å². The lowest BCUT2D eigenvalue weighted by Crippen LogP contribution is -2.44. The van der Waals surface area contributed by atoms with Crippen LogP contribution < -0.4 is 10.2 Å². The molecule has 3 aromatic rings. The molecule has 2 aliphatic heterocycles. The zero-order valence-electron chi connectivity index (χ0n) is 18.4. The maximum atomic E-state index is 13.2. The van der Waals surface area contributed by atoms with Crippen LogP contribution >= 0.6 is 0 Å². The highest BCUT2D eigenvalue weighted by Gasteiger charge is 2.39. The van der Waals surface area contributed by atoms with Gasteiger partial charge in [-0.3, -0.25) is 14.4 Å². The Bertz CT molecular complexity index is 1180. The van der Waals surface area contributed by atoms with Crippen LogP contribution in [0.4, 0.5) is 11.4 Å². The Kier molecular flexibility index (Phi) is 5.82. The summed E-state index contributed by atoms with van der Waals surface area (Å²) in [5.41, 5.74) is 1.66. The summed E-state index contributed by atoms with van der Waals surface area (Å²) in [6, 6.07) is 23.3. The predicted octanol–water partition coefficient (Wildman–Crippen LogP) is 4.07. The fraction of sp³-hybridized carbons (Fsp3) is 0.296. The molecule has 5 rings (SSSR count). The van der Waals surface area contributed by atoms with E-state index >= 15 is 0 Å². The number of piperidine rings is 1. The smallest absolute Gasteiger partial charge is 0.228 e. The van der Waals surface area contributed by atoms with E-state index < -0.39 is 0 Å². The van der Waals surface area contributed by atoms with E-state index in [1.165, 1.54) is 0 Å². The van der Waals surface area contributed by atoms with Gasteiger partial charge in [-0.15, -0.1) is 0 Å². The van der Waals surface area contributed by atoms with E-state index in [2.05, 4.69) is 5.32 Å². The Morgan fingerprint density at radius 3 is 2.30 bits per heavy atom. The first-order chi connectivity index (χ1) is 16.1. The molecular formula is C27H27N3O3. The number of hydrogen-bond donors (Lipinski definition) is 1. The molecule has 0 unspecified atom stereocenters. The van der Waals surface area contributed by atoms with Crippen LogP contribution in [0.15, 0.2) is 72.8 Å². The first-order valence-electron chi connectivity index (χ1n) is 11.5. The van der Waals surface area contributed by atoms with E-state index in [0.29, 0.717) is 32.5 Å². The third kappa shape index (κ3) is 4.33. The first kappa shape index (κ1) is 21.2. The highest BCUT2D eigenvalue weighted by atomic mass is 16.2. The van der Waals surface area contributed by atoms with Crippen molar-refractivity contribution in [2.45, 2.75) is 19.3 Å². The number of likely N-dealkylation sites (tertiary alicyclic amines) is 1. The number of benzene rings is 3. The van der Waals surface area contributed by atoms with E-state index in [0.717, 1.165) is 22.1 Å². The number of hydrogen-bond acceptors (Lipinski definition) is 3. The van der Waals surface area contributed by atoms with E-state index in [9.17, 15) is 14.4 Å². The molecule has 1 N–H and O–H groups in total. The summed E-state index contributed by atoms with van der Waals surface area (Å²) < 4.78 is 0. The van der Waals surface area contributed by atoms with Crippen LogP contribution in [-0.4, -0.2) is 42.3 Å². The van der Waals surface area contributed by atoms with Gasteiger partial charge in [0.15, 0.2) is 0 Å². The van der Waals surface area contributed by atoms with Crippen LogP contribution in [0.3, 0.4) is 0 Å². The molecule has 0 radical (unpaired) electrons. The van der Waals surface area contributed by atoms with Crippen molar-refractivity contribution in [3.05, 3.63) is 72.8 Å². The standard InChI is InChI=1S/C27H27N3O3/c31-25-17-21(18-30(25)24-12-6-8-19-7-4-5-11-23(19)24)27(33)29-15-13-20(14-16-29)26(32)28-22-9-2-1-3-10-22/h1-12,20-21H,13-18H2,(H,28,32)/t21-/m1/s1. The molecule has 2 heterocycles. The quantitative estimate of drug-likeness (QED) is 0.664. The van der Waals surface area contributed by atoms with Crippen LogP contribution in [0.5, 0.6) is 0 Å². The zero-order valence-corrected chi connectivity index (χ0v) is 18.4. The topological polar surface area (TPSA) is 69.7 Å². The van der Waals surface area contributed by atoms with Crippen molar-refractivity contribution in [1.82, 2.24) is 4.90 Å². The fourth-order valence-electron chi connectivity index (χ4n) is 4.94. The highest BCUT2D eigenvalue weighted by molar-refractivity contribution is 6.07. The van der Waals surface area contributed by atoms with Gasteiger partial charge >= 0.3 is 0 Å². The number of carbonyl (C=O) groups excluding carboxylic acids is 3. The number of carbonyl (C=O) groups is 3. The van der Waals surface area contributed by atoms with E-state index in [1.807, 2.05) is 77.7 Å². The lowest BCUT2D eigenvalue weighted by molar-refractivity contribution is -0.138. The minimum Gasteiger partial charge on any atom is -0.342 e. The molecule has 6 nitrogen and oxygen atoms in total. The van der Waals surface area contributed by atoms with E-state index in [4.69, 9.17) is 0 Å². The van der Waals surface area contributed by atoms with Crippen molar-refractivity contribution >= 4 is 39.9 Å². The van der Waals surface area contributed by atoms with Gasteiger partial charge in [-0.2, -0.15) is 0 Å². The largest absolute Gasteiger partial charge is 0.342 e. The third-order valence-corrected chi connectivity index (χ3v) is 6.75. The van der Waals surface area contributed by atoms with Gasteiger partial charge in [0.1, 0.15) is 0 Å². The molecule has 0 spiro atoms. The number of amides is 3. The number of para-hydroxylation sites is 1. The molecule has 0 bridgehead atoms. The minimum atomic E-state index is -0.342. The SMILES string of the molecule is O=C(Nc1ccccc1)C1CCN(C(=O)[C@@H]2CC(=O)N(c3cccc4ccccc34)C2)CC1. The second kappa shape index (κ2) is 9.06. The molecular weight excluding hydrogens is 414 g/mol. The summed E-state index contributed by atoms with van der Waals surface area (Å²) >= 11 is 0. The van der Waals surface area contributed by atoms with E-state index in [1.54, 1.807) is 4.90 Å². The maximum absolute atomic E-state index is 13.2. The van der Waals surface area contributed by atoms with Crippen molar-refractivity contribution < 1.29 is 14.4 Å². The van der Waals surface area contributed by atoms with Crippen LogP contribution in [0, 0.1) is 11.8 Å². The molecule has 3 amide bonds. The van der Waals surface area contributed by atoms with E-state index in [-0.39, 0.29) is 36.0 Å². The summed E-state index contributed by atoms with van der Waals surface area (Å²) in [7, 11) is 0. The number of nitrogens with zero attached hydrogens (tertiary/aromatic N) is 2. The lowest BCUT2D eigenvalue weighted by atomic mass is 9.94. The number of nitrogens with one attached hydrogen (secondary N) is 1. The molecule has 1 atom stereocenters. The summed E-state index contributed by atoms with van der Waals surface area (Å²) in [6.07, 6.45) is 1.51. The fourth-order valence-corrected chi connectivity index (χ4v) is 4.94. The Balaban J connectivity index is 1.20. The molecule has 0 aromatic heterocycles. The summed E-state index contributed by atoms with van der Waals surface area (Å²) in [4.78, 5) is 42.2. The van der Waals surface area contributed by atoms with Gasteiger partial charge in [0.2, 0.25) is 17.7 Å². The average Bonchev–Trinajstić information content (AvgIpc) is 3.25. The summed E-state index contributed by atoms with van der Waals surface area (Å²) in [6.45, 7) is 1.50. The Morgan fingerprint density at radius 1 is 0.818 bits per heavy atom. The van der Waals surface area contributed by atoms with Crippen LogP contribution in [-0.2, 0) is 14.4 Å². The second-order valence-corrected chi connectivity index (χ2v) is 8.86. The Labute approximate surface area is 193 Å². The number of fused-ring (bicyclic) bond motifs is 1. The van der Waals surface area contributed by atoms with Gasteiger partial charge in [0.05, 0.1) is 11.6 Å². The first-order valence-corrected chi connectivity index (χ1v) is 11.5. The molecule has 6 heteroatoms. The molecule has 2 fully saturated rings. The van der Waals surface area contributed by atoms with Gasteiger partial charge < -0.3 is 15.1 Å². The highest BCUT2D eigenvalue weighted by Crippen LogP contribution is 2.33. The summed E-state index contributed by atoms with van der Waals surface area (Å²) in [5.74, 6) is -0.431. The average molecular weight is 442 g/mol. The molecule has 3 aromatic carbocycles. The van der Waals surface area contributed by atoms with Crippen molar-refractivity contribution in [1.29, 1.82) is 0 Å². The van der Waals surface area contributed by atoms with Crippen molar-refractivity contribution in [2.75, 3.05) is 29.9 Å². The van der Waals surface area contributed by atoms with Crippen molar-refractivity contribution in [2.24, 2.45) is 11.8 Å². The third-order valence-electron chi connectivity index (χ3n) is 6.75. The number of rotatable bonds is 4.